The van der Waals surface area contributed by atoms with Gasteiger partial charge in [-0.05, 0) is 0 Å². The number of H-pyrrole nitrogens is 1. The van der Waals surface area contributed by atoms with Crippen LogP contribution in [0.4, 0.5) is 0 Å². The summed E-state index contributed by atoms with van der Waals surface area (Å²) in [4.78, 5) is 16.2. The maximum Gasteiger partial charge on any atom is 0.347 e. The topological polar surface area (TPSA) is 55.0 Å². The third kappa shape index (κ3) is 6.74. The Hall–Kier alpha value is -1.29. The number of rotatable bonds is 2. The lowest BCUT2D eigenvalue weighted by atomic mass is 10.6. The number of nitrogens with one attached hydrogen (secondary N) is 1. The van der Waals surface area contributed by atoms with Gasteiger partial charge >= 0.3 is 5.69 Å². The average Bonchev–Trinajstić information content (AvgIpc) is 2.29. The molecular weight excluding hydrogens is 216 g/mol. The molecule has 15 heavy (non-hydrogen) atoms. The van der Waals surface area contributed by atoms with Gasteiger partial charge in [0.15, 0.2) is 0 Å². The number of ether oxygens (including phenoxy) is 1. The van der Waals surface area contributed by atoms with Gasteiger partial charge in [-0.25, -0.2) is 4.79 Å². The van der Waals surface area contributed by atoms with Crippen LogP contribution in [-0.4, -0.2) is 9.97 Å². The number of aromatic amines is 1. The van der Waals surface area contributed by atoms with Crippen LogP contribution in [0.15, 0.2) is 23.8 Å². The van der Waals surface area contributed by atoms with E-state index in [9.17, 15) is 4.79 Å². The lowest BCUT2D eigenvalue weighted by Crippen LogP contribution is -2.09. The van der Waals surface area contributed by atoms with Crippen molar-refractivity contribution in [1.29, 1.82) is 0 Å². The van der Waals surface area contributed by atoms with Crippen LogP contribution in [0.5, 0.6) is 5.88 Å². The molecular formula is C10H17ClN2O2. The molecule has 0 saturated heterocycles. The van der Waals surface area contributed by atoms with Crippen LogP contribution >= 0.6 is 11.6 Å². The second-order valence-electron chi connectivity index (χ2n) is 1.65. The maximum absolute atomic E-state index is 10.6. The van der Waals surface area contributed by atoms with Crippen molar-refractivity contribution in [3.63, 3.8) is 0 Å². The van der Waals surface area contributed by atoms with E-state index < -0.39 is 5.69 Å². The highest BCUT2D eigenvalue weighted by Gasteiger charge is 1.99. The Morgan fingerprint density at radius 2 is 2.00 bits per heavy atom. The standard InChI is InChI=1S/C6H5ClN2O2.2C2H6/c1-2-11-5-4(7)3-8-6(10)9-5;2*1-2/h2-3H,1H2,(H,8,9,10);2*1-2H3. The molecule has 0 aliphatic heterocycles. The van der Waals surface area contributed by atoms with Crippen LogP contribution < -0.4 is 10.4 Å². The highest BCUT2D eigenvalue weighted by atomic mass is 35.5. The predicted molar refractivity (Wildman–Crippen MR) is 63.4 cm³/mol. The Kier molecular flexibility index (Phi) is 11.6. The highest BCUT2D eigenvalue weighted by molar-refractivity contribution is 6.31. The summed E-state index contributed by atoms with van der Waals surface area (Å²) in [7, 11) is 0. The highest BCUT2D eigenvalue weighted by Crippen LogP contribution is 2.17. The zero-order chi connectivity index (χ0) is 12.3. The molecule has 5 heteroatoms. The fourth-order valence-electron chi connectivity index (χ4n) is 0.532. The molecule has 0 bridgehead atoms. The molecule has 0 unspecified atom stereocenters. The van der Waals surface area contributed by atoms with Crippen molar-refractivity contribution in [3.05, 3.63) is 34.5 Å². The summed E-state index contributed by atoms with van der Waals surface area (Å²) in [6.07, 6.45) is 2.37. The molecule has 4 nitrogen and oxygen atoms in total. The first-order valence-electron chi connectivity index (χ1n) is 4.76. The fourth-order valence-corrected chi connectivity index (χ4v) is 0.673. The molecule has 0 radical (unpaired) electrons. The Morgan fingerprint density at radius 1 is 1.47 bits per heavy atom. The SMILES string of the molecule is C=COc1[nH]c(=O)ncc1Cl.CC.CC. The fraction of sp³-hybridized carbons (Fsp3) is 0.400. The largest absolute Gasteiger partial charge is 0.447 e. The van der Waals surface area contributed by atoms with E-state index >= 15 is 0 Å². The van der Waals surface area contributed by atoms with E-state index in [4.69, 9.17) is 16.3 Å². The van der Waals surface area contributed by atoms with Gasteiger partial charge in [0.05, 0.1) is 12.5 Å². The zero-order valence-electron chi connectivity index (χ0n) is 9.50. The minimum Gasteiger partial charge on any atom is -0.447 e. The molecule has 1 aromatic rings. The van der Waals surface area contributed by atoms with Gasteiger partial charge in [-0.15, -0.1) is 0 Å². The van der Waals surface area contributed by atoms with E-state index in [1.807, 2.05) is 27.7 Å². The normalized spacial score (nSPS) is 7.53. The molecule has 0 atom stereocenters. The summed E-state index contributed by atoms with van der Waals surface area (Å²) >= 11 is 5.57. The third-order valence-electron chi connectivity index (χ3n) is 0.934. The van der Waals surface area contributed by atoms with E-state index in [1.54, 1.807) is 0 Å². The van der Waals surface area contributed by atoms with Gasteiger partial charge < -0.3 is 4.74 Å². The quantitative estimate of drug-likeness (QED) is 0.798. The first-order valence-corrected chi connectivity index (χ1v) is 5.14. The number of aromatic nitrogens is 2. The smallest absolute Gasteiger partial charge is 0.347 e. The predicted octanol–water partition coefficient (Wildman–Crippen LogP) is 3.00. The van der Waals surface area contributed by atoms with Gasteiger partial charge in [-0.2, -0.15) is 4.98 Å². The van der Waals surface area contributed by atoms with Crippen molar-refractivity contribution in [2.75, 3.05) is 0 Å². The first-order chi connectivity index (χ1) is 7.24. The summed E-state index contributed by atoms with van der Waals surface area (Å²) in [6, 6.07) is 0. The number of hydrogen-bond donors (Lipinski definition) is 1. The van der Waals surface area contributed by atoms with Crippen molar-refractivity contribution in [3.8, 4) is 5.88 Å². The van der Waals surface area contributed by atoms with E-state index in [0.717, 1.165) is 6.26 Å². The molecule has 1 heterocycles. The molecule has 0 aromatic carbocycles. The van der Waals surface area contributed by atoms with E-state index in [0.29, 0.717) is 0 Å². The van der Waals surface area contributed by atoms with Crippen LogP contribution in [0, 0.1) is 0 Å². The molecule has 1 aromatic heterocycles. The summed E-state index contributed by atoms with van der Waals surface area (Å²) in [5, 5.41) is 0.240. The monoisotopic (exact) mass is 232 g/mol. The third-order valence-corrected chi connectivity index (χ3v) is 1.20. The molecule has 0 fully saturated rings. The van der Waals surface area contributed by atoms with Gasteiger partial charge in [0.1, 0.15) is 5.02 Å². The molecule has 0 amide bonds. The lowest BCUT2D eigenvalue weighted by molar-refractivity contribution is 0.460. The molecule has 86 valence electrons. The van der Waals surface area contributed by atoms with E-state index in [1.165, 1.54) is 6.20 Å². The van der Waals surface area contributed by atoms with Crippen molar-refractivity contribution in [2.45, 2.75) is 27.7 Å². The molecule has 1 rings (SSSR count). The Balaban J connectivity index is 0. The second-order valence-corrected chi connectivity index (χ2v) is 2.06. The van der Waals surface area contributed by atoms with E-state index in [-0.39, 0.29) is 10.9 Å². The number of hydrogen-bond acceptors (Lipinski definition) is 3. The van der Waals surface area contributed by atoms with Crippen molar-refractivity contribution in [1.82, 2.24) is 9.97 Å². The molecule has 0 saturated carbocycles. The van der Waals surface area contributed by atoms with Crippen LogP contribution in [0.3, 0.4) is 0 Å². The van der Waals surface area contributed by atoms with Crippen LogP contribution in [0.2, 0.25) is 5.02 Å². The van der Waals surface area contributed by atoms with Gasteiger partial charge in [0, 0.05) is 0 Å². The maximum atomic E-state index is 10.6. The van der Waals surface area contributed by atoms with Crippen molar-refractivity contribution in [2.24, 2.45) is 0 Å². The average molecular weight is 233 g/mol. The van der Waals surface area contributed by atoms with Crippen molar-refractivity contribution < 1.29 is 4.74 Å². The van der Waals surface area contributed by atoms with Gasteiger partial charge in [0.25, 0.3) is 0 Å². The Labute approximate surface area is 95.0 Å². The first kappa shape index (κ1) is 16.2. The molecule has 1 N–H and O–H groups in total. The van der Waals surface area contributed by atoms with Gasteiger partial charge in [-0.3, -0.25) is 4.98 Å². The van der Waals surface area contributed by atoms with Gasteiger partial charge in [0.2, 0.25) is 5.88 Å². The number of nitrogens with zero attached hydrogens (tertiary/aromatic N) is 1. The van der Waals surface area contributed by atoms with E-state index in [2.05, 4.69) is 16.5 Å². The zero-order valence-corrected chi connectivity index (χ0v) is 10.3. The van der Waals surface area contributed by atoms with Crippen molar-refractivity contribution >= 4 is 11.6 Å². The molecule has 0 spiro atoms. The summed E-state index contributed by atoms with van der Waals surface area (Å²) in [5.41, 5.74) is -0.508. The minimum absolute atomic E-state index is 0.154. The summed E-state index contributed by atoms with van der Waals surface area (Å²) in [5.74, 6) is 0.154. The van der Waals surface area contributed by atoms with Crippen LogP contribution in [-0.2, 0) is 0 Å². The van der Waals surface area contributed by atoms with Crippen LogP contribution in [0.1, 0.15) is 27.7 Å². The molecule has 0 aliphatic carbocycles. The Bertz CT molecular complexity index is 323. The van der Waals surface area contributed by atoms with Crippen LogP contribution in [0.25, 0.3) is 0 Å². The second kappa shape index (κ2) is 10.8. The van der Waals surface area contributed by atoms with Gasteiger partial charge in [-0.1, -0.05) is 45.9 Å². The molecule has 0 aliphatic rings. The number of halogens is 1. The Morgan fingerprint density at radius 3 is 2.47 bits per heavy atom. The summed E-state index contributed by atoms with van der Waals surface area (Å²) in [6.45, 7) is 11.3. The minimum atomic E-state index is -0.508. The summed E-state index contributed by atoms with van der Waals surface area (Å²) < 4.78 is 4.75. The lowest BCUT2D eigenvalue weighted by Gasteiger charge is -1.98.